The molecule has 2 unspecified atom stereocenters. The maximum Gasteiger partial charge on any atom is 0.227 e. The van der Waals surface area contributed by atoms with Crippen LogP contribution >= 0.6 is 0 Å². The highest BCUT2D eigenvalue weighted by Crippen LogP contribution is 2.42. The van der Waals surface area contributed by atoms with Gasteiger partial charge in [-0.1, -0.05) is 58.0 Å². The van der Waals surface area contributed by atoms with E-state index in [0.717, 1.165) is 18.4 Å². The van der Waals surface area contributed by atoms with Gasteiger partial charge in [0.15, 0.2) is 0 Å². The molecule has 0 aliphatic heterocycles. The summed E-state index contributed by atoms with van der Waals surface area (Å²) in [4.78, 5) is 12.7. The van der Waals surface area contributed by atoms with Crippen molar-refractivity contribution >= 4 is 5.91 Å². The lowest BCUT2D eigenvalue weighted by molar-refractivity contribution is -0.124. The molecule has 0 spiro atoms. The van der Waals surface area contributed by atoms with Crippen LogP contribution in [0.4, 0.5) is 0 Å². The predicted molar refractivity (Wildman–Crippen MR) is 89.5 cm³/mol. The lowest BCUT2D eigenvalue weighted by Crippen LogP contribution is -2.45. The number of aliphatic hydroxyl groups is 1. The Morgan fingerprint density at radius 3 is 2.36 bits per heavy atom. The molecule has 3 heteroatoms. The molecule has 3 nitrogen and oxygen atoms in total. The minimum atomic E-state index is -0.427. The Morgan fingerprint density at radius 2 is 1.86 bits per heavy atom. The molecule has 0 aromatic heterocycles. The Balaban J connectivity index is 2.01. The minimum absolute atomic E-state index is 0.0480. The first-order valence-electron chi connectivity index (χ1n) is 8.33. The molecule has 22 heavy (non-hydrogen) atoms. The fourth-order valence-corrected chi connectivity index (χ4v) is 3.16. The van der Waals surface area contributed by atoms with E-state index in [1.54, 1.807) is 0 Å². The third-order valence-electron chi connectivity index (χ3n) is 4.68. The molecule has 2 rings (SSSR count). The fraction of sp³-hybridized carbons (Fsp3) is 0.632. The molecule has 1 saturated carbocycles. The first kappa shape index (κ1) is 17.0. The van der Waals surface area contributed by atoms with Gasteiger partial charge in [-0.15, -0.1) is 0 Å². The SMILES string of the molecule is CC(C)C(O)C(C)(C)CNC(=O)C(c1ccccc1)C1CC1. The Hall–Kier alpha value is -1.35. The van der Waals surface area contributed by atoms with Gasteiger partial charge in [-0.25, -0.2) is 0 Å². The van der Waals surface area contributed by atoms with Crippen molar-refractivity contribution in [1.82, 2.24) is 5.32 Å². The Bertz CT molecular complexity index is 491. The molecule has 1 aromatic carbocycles. The van der Waals surface area contributed by atoms with E-state index < -0.39 is 6.10 Å². The van der Waals surface area contributed by atoms with Crippen molar-refractivity contribution in [2.24, 2.45) is 17.3 Å². The number of rotatable bonds is 7. The van der Waals surface area contributed by atoms with Crippen LogP contribution in [0.2, 0.25) is 0 Å². The van der Waals surface area contributed by atoms with E-state index in [0.29, 0.717) is 12.5 Å². The van der Waals surface area contributed by atoms with E-state index in [-0.39, 0.29) is 23.2 Å². The topological polar surface area (TPSA) is 49.3 Å². The number of hydrogen-bond donors (Lipinski definition) is 2. The summed E-state index contributed by atoms with van der Waals surface area (Å²) in [5, 5.41) is 13.4. The van der Waals surface area contributed by atoms with Crippen molar-refractivity contribution in [1.29, 1.82) is 0 Å². The molecule has 2 N–H and O–H groups in total. The highest BCUT2D eigenvalue weighted by Gasteiger charge is 2.38. The molecule has 0 heterocycles. The standard InChI is InChI=1S/C19H29NO2/c1-13(2)17(21)19(3,4)12-20-18(22)16(15-10-11-15)14-8-6-5-7-9-14/h5-9,13,15-17,21H,10-12H2,1-4H3,(H,20,22). The maximum atomic E-state index is 12.7. The van der Waals surface area contributed by atoms with Crippen LogP contribution in [0.15, 0.2) is 30.3 Å². The van der Waals surface area contributed by atoms with E-state index in [1.807, 2.05) is 58.0 Å². The summed E-state index contributed by atoms with van der Waals surface area (Å²) < 4.78 is 0. The van der Waals surface area contributed by atoms with Crippen molar-refractivity contribution in [2.45, 2.75) is 52.6 Å². The van der Waals surface area contributed by atoms with Crippen molar-refractivity contribution in [3.63, 3.8) is 0 Å². The largest absolute Gasteiger partial charge is 0.392 e. The van der Waals surface area contributed by atoms with Gasteiger partial charge in [0, 0.05) is 12.0 Å². The van der Waals surface area contributed by atoms with E-state index in [4.69, 9.17) is 0 Å². The highest BCUT2D eigenvalue weighted by atomic mass is 16.3. The zero-order valence-corrected chi connectivity index (χ0v) is 14.2. The number of nitrogens with one attached hydrogen (secondary N) is 1. The van der Waals surface area contributed by atoms with Crippen molar-refractivity contribution < 1.29 is 9.90 Å². The molecule has 1 fully saturated rings. The second kappa shape index (κ2) is 6.82. The molecular weight excluding hydrogens is 274 g/mol. The van der Waals surface area contributed by atoms with Crippen LogP contribution in [0.3, 0.4) is 0 Å². The van der Waals surface area contributed by atoms with E-state index in [9.17, 15) is 9.90 Å². The fourth-order valence-electron chi connectivity index (χ4n) is 3.16. The Kier molecular flexibility index (Phi) is 5.28. The van der Waals surface area contributed by atoms with Crippen LogP contribution in [-0.2, 0) is 4.79 Å². The number of benzene rings is 1. The number of amides is 1. The summed E-state index contributed by atoms with van der Waals surface area (Å²) in [6.45, 7) is 8.52. The molecule has 1 aliphatic rings. The maximum absolute atomic E-state index is 12.7. The summed E-state index contributed by atoms with van der Waals surface area (Å²) in [5.74, 6) is 0.701. The summed E-state index contributed by atoms with van der Waals surface area (Å²) in [6.07, 6.45) is 1.83. The highest BCUT2D eigenvalue weighted by molar-refractivity contribution is 5.84. The first-order chi connectivity index (χ1) is 10.3. The van der Waals surface area contributed by atoms with Gasteiger partial charge in [0.2, 0.25) is 5.91 Å². The predicted octanol–water partition coefficient (Wildman–Crippen LogP) is 3.34. The minimum Gasteiger partial charge on any atom is -0.392 e. The zero-order chi connectivity index (χ0) is 16.3. The van der Waals surface area contributed by atoms with Gasteiger partial charge in [0.05, 0.1) is 12.0 Å². The second-order valence-corrected chi connectivity index (χ2v) is 7.62. The summed E-state index contributed by atoms with van der Waals surface area (Å²) in [5.41, 5.74) is 0.777. The van der Waals surface area contributed by atoms with Gasteiger partial charge in [0.1, 0.15) is 0 Å². The molecule has 1 aromatic rings. The average molecular weight is 303 g/mol. The van der Waals surface area contributed by atoms with E-state index >= 15 is 0 Å². The Morgan fingerprint density at radius 1 is 1.27 bits per heavy atom. The summed E-state index contributed by atoms with van der Waals surface area (Å²) in [7, 11) is 0. The van der Waals surface area contributed by atoms with Crippen LogP contribution in [0.1, 0.15) is 52.0 Å². The number of carbonyl (C=O) groups is 1. The molecule has 1 aliphatic carbocycles. The van der Waals surface area contributed by atoms with Gasteiger partial charge in [-0.3, -0.25) is 4.79 Å². The van der Waals surface area contributed by atoms with Gasteiger partial charge < -0.3 is 10.4 Å². The molecule has 1 amide bonds. The monoisotopic (exact) mass is 303 g/mol. The van der Waals surface area contributed by atoms with Crippen LogP contribution in [0, 0.1) is 17.3 Å². The second-order valence-electron chi connectivity index (χ2n) is 7.62. The molecule has 0 bridgehead atoms. The third-order valence-corrected chi connectivity index (χ3v) is 4.68. The third kappa shape index (κ3) is 4.10. The van der Waals surface area contributed by atoms with Gasteiger partial charge in [0.25, 0.3) is 0 Å². The normalized spacial score (nSPS) is 18.1. The smallest absolute Gasteiger partial charge is 0.227 e. The van der Waals surface area contributed by atoms with E-state index in [2.05, 4.69) is 5.32 Å². The Labute approximate surface area is 134 Å². The first-order valence-corrected chi connectivity index (χ1v) is 8.33. The van der Waals surface area contributed by atoms with Crippen LogP contribution < -0.4 is 5.32 Å². The quantitative estimate of drug-likeness (QED) is 0.811. The van der Waals surface area contributed by atoms with Crippen molar-refractivity contribution in [3.8, 4) is 0 Å². The van der Waals surface area contributed by atoms with Gasteiger partial charge in [-0.2, -0.15) is 0 Å². The van der Waals surface area contributed by atoms with Crippen LogP contribution in [0.25, 0.3) is 0 Å². The molecule has 0 saturated heterocycles. The summed E-state index contributed by atoms with van der Waals surface area (Å²) >= 11 is 0. The molecule has 122 valence electrons. The lowest BCUT2D eigenvalue weighted by Gasteiger charge is -2.34. The van der Waals surface area contributed by atoms with Gasteiger partial charge in [-0.05, 0) is 30.2 Å². The van der Waals surface area contributed by atoms with Crippen molar-refractivity contribution in [3.05, 3.63) is 35.9 Å². The lowest BCUT2D eigenvalue weighted by atomic mass is 9.80. The van der Waals surface area contributed by atoms with Crippen molar-refractivity contribution in [2.75, 3.05) is 6.54 Å². The molecule has 2 atom stereocenters. The number of aliphatic hydroxyl groups excluding tert-OH is 1. The summed E-state index contributed by atoms with van der Waals surface area (Å²) in [6, 6.07) is 10.0. The average Bonchev–Trinajstić information content (AvgIpc) is 3.30. The van der Waals surface area contributed by atoms with E-state index in [1.165, 1.54) is 0 Å². The number of hydrogen-bond acceptors (Lipinski definition) is 2. The number of carbonyl (C=O) groups excluding carboxylic acids is 1. The van der Waals surface area contributed by atoms with Crippen LogP contribution in [-0.4, -0.2) is 23.7 Å². The van der Waals surface area contributed by atoms with Crippen LogP contribution in [0.5, 0.6) is 0 Å². The zero-order valence-electron chi connectivity index (χ0n) is 14.2. The molecule has 0 radical (unpaired) electrons. The van der Waals surface area contributed by atoms with Gasteiger partial charge >= 0.3 is 0 Å². The molecular formula is C19H29NO2.